The average molecular weight is 372 g/mol. The molecule has 0 bridgehead atoms. The minimum Gasteiger partial charge on any atom is -0.504 e. The van der Waals surface area contributed by atoms with Crippen LogP contribution in [0.2, 0.25) is 0 Å². The van der Waals surface area contributed by atoms with Crippen LogP contribution in [-0.4, -0.2) is 32.8 Å². The van der Waals surface area contributed by atoms with Gasteiger partial charge in [0.05, 0.1) is 32.7 Å². The molecule has 1 N–H and O–H groups in total. The van der Waals surface area contributed by atoms with Crippen LogP contribution in [0.25, 0.3) is 0 Å². The van der Waals surface area contributed by atoms with Crippen molar-refractivity contribution in [3.05, 3.63) is 30.3 Å². The van der Waals surface area contributed by atoms with Crippen molar-refractivity contribution in [2.24, 2.45) is 10.2 Å². The normalized spacial score (nSPS) is 11.5. The summed E-state index contributed by atoms with van der Waals surface area (Å²) < 4.78 is 56.3. The number of methoxy groups -OCH3 is 3. The number of rotatable bonds is 6. The summed E-state index contributed by atoms with van der Waals surface area (Å²) >= 11 is 0. The van der Waals surface area contributed by atoms with E-state index >= 15 is 0 Å². The van der Waals surface area contributed by atoms with E-state index in [0.717, 1.165) is 0 Å². The van der Waals surface area contributed by atoms with Crippen LogP contribution >= 0.6 is 0 Å². The Bertz CT molecular complexity index is 784. The molecule has 140 valence electrons. The predicted molar refractivity (Wildman–Crippen MR) is 85.1 cm³/mol. The van der Waals surface area contributed by atoms with Crippen molar-refractivity contribution in [2.45, 2.75) is 6.36 Å². The molecular weight excluding hydrogens is 357 g/mol. The molecule has 10 heteroatoms. The van der Waals surface area contributed by atoms with Crippen molar-refractivity contribution in [2.75, 3.05) is 21.3 Å². The molecule has 7 nitrogen and oxygen atoms in total. The molecule has 26 heavy (non-hydrogen) atoms. The van der Waals surface area contributed by atoms with Crippen LogP contribution in [0.4, 0.5) is 24.5 Å². The fourth-order valence-corrected chi connectivity index (χ4v) is 2.00. The molecule has 0 saturated carbocycles. The first-order valence-electron chi connectivity index (χ1n) is 7.08. The van der Waals surface area contributed by atoms with Crippen LogP contribution in [0, 0.1) is 0 Å². The number of hydrogen-bond acceptors (Lipinski definition) is 7. The number of alkyl halides is 3. The van der Waals surface area contributed by atoms with E-state index in [1.807, 2.05) is 0 Å². The Labute approximate surface area is 146 Å². The first kappa shape index (κ1) is 19.2. The third-order valence-electron chi connectivity index (χ3n) is 3.11. The van der Waals surface area contributed by atoms with Gasteiger partial charge in [-0.15, -0.1) is 13.2 Å². The molecule has 2 aromatic carbocycles. The van der Waals surface area contributed by atoms with Crippen molar-refractivity contribution in [1.82, 2.24) is 0 Å². The highest BCUT2D eigenvalue weighted by Gasteiger charge is 2.34. The smallest absolute Gasteiger partial charge is 0.504 e. The largest absolute Gasteiger partial charge is 0.573 e. The van der Waals surface area contributed by atoms with Crippen LogP contribution < -0.4 is 18.9 Å². The van der Waals surface area contributed by atoms with Gasteiger partial charge in [0.15, 0.2) is 23.0 Å². The van der Waals surface area contributed by atoms with E-state index in [1.165, 1.54) is 51.7 Å². The summed E-state index contributed by atoms with van der Waals surface area (Å²) in [7, 11) is 3.76. The SMILES string of the molecule is COc1ccc(N=Nc2cc(OC)c(OC(F)(F)F)c(OC)c2)cc1O. The number of nitrogens with zero attached hydrogens (tertiary/aromatic N) is 2. The fraction of sp³-hybridized carbons (Fsp3) is 0.250. The molecule has 0 atom stereocenters. The van der Waals surface area contributed by atoms with Crippen molar-refractivity contribution in [3.63, 3.8) is 0 Å². The summed E-state index contributed by atoms with van der Waals surface area (Å²) in [6.45, 7) is 0. The Balaban J connectivity index is 2.36. The van der Waals surface area contributed by atoms with E-state index in [1.54, 1.807) is 0 Å². The number of halogens is 3. The monoisotopic (exact) mass is 372 g/mol. The number of aromatic hydroxyl groups is 1. The van der Waals surface area contributed by atoms with Crippen molar-refractivity contribution in [3.8, 4) is 28.7 Å². The number of azo groups is 1. The lowest BCUT2D eigenvalue weighted by molar-refractivity contribution is -0.275. The Hall–Kier alpha value is -3.17. The summed E-state index contributed by atoms with van der Waals surface area (Å²) in [5.74, 6) is -0.945. The van der Waals surface area contributed by atoms with Gasteiger partial charge >= 0.3 is 6.36 Å². The lowest BCUT2D eigenvalue weighted by Gasteiger charge is -2.16. The molecule has 0 amide bonds. The Morgan fingerprint density at radius 3 is 1.81 bits per heavy atom. The van der Waals surface area contributed by atoms with Gasteiger partial charge < -0.3 is 24.1 Å². The van der Waals surface area contributed by atoms with Crippen LogP contribution in [0.15, 0.2) is 40.6 Å². The van der Waals surface area contributed by atoms with E-state index < -0.39 is 12.1 Å². The van der Waals surface area contributed by atoms with Gasteiger partial charge in [0.2, 0.25) is 5.75 Å². The zero-order chi connectivity index (χ0) is 19.3. The second-order valence-electron chi connectivity index (χ2n) is 4.78. The molecule has 0 aromatic heterocycles. The summed E-state index contributed by atoms with van der Waals surface area (Å²) in [6.07, 6.45) is -4.91. The topological polar surface area (TPSA) is 81.9 Å². The van der Waals surface area contributed by atoms with Gasteiger partial charge in [0.25, 0.3) is 0 Å². The van der Waals surface area contributed by atoms with Crippen molar-refractivity contribution >= 4 is 11.4 Å². The van der Waals surface area contributed by atoms with Crippen LogP contribution in [0.3, 0.4) is 0 Å². The number of benzene rings is 2. The summed E-state index contributed by atoms with van der Waals surface area (Å²) in [5, 5.41) is 17.5. The summed E-state index contributed by atoms with van der Waals surface area (Å²) in [5.41, 5.74) is 0.459. The highest BCUT2D eigenvalue weighted by molar-refractivity contribution is 5.60. The zero-order valence-corrected chi connectivity index (χ0v) is 14.0. The van der Waals surface area contributed by atoms with Crippen molar-refractivity contribution in [1.29, 1.82) is 0 Å². The van der Waals surface area contributed by atoms with E-state index in [9.17, 15) is 18.3 Å². The number of phenols is 1. The maximum absolute atomic E-state index is 12.5. The van der Waals surface area contributed by atoms with Gasteiger partial charge in [-0.1, -0.05) is 0 Å². The molecular formula is C16H15F3N2O5. The van der Waals surface area contributed by atoms with Crippen LogP contribution in [-0.2, 0) is 0 Å². The summed E-state index contributed by atoms with van der Waals surface area (Å²) in [6, 6.07) is 6.76. The van der Waals surface area contributed by atoms with Gasteiger partial charge in [-0.3, -0.25) is 0 Å². The van der Waals surface area contributed by atoms with Crippen LogP contribution in [0.5, 0.6) is 28.7 Å². The first-order valence-corrected chi connectivity index (χ1v) is 7.08. The lowest BCUT2D eigenvalue weighted by Crippen LogP contribution is -2.18. The third kappa shape index (κ3) is 4.68. The quantitative estimate of drug-likeness (QED) is 0.741. The molecule has 0 aliphatic carbocycles. The van der Waals surface area contributed by atoms with Crippen LogP contribution in [0.1, 0.15) is 0 Å². The molecule has 0 aliphatic heterocycles. The van der Waals surface area contributed by atoms with E-state index in [-0.39, 0.29) is 28.7 Å². The molecule has 0 unspecified atom stereocenters. The Morgan fingerprint density at radius 2 is 1.35 bits per heavy atom. The number of hydrogen-bond donors (Lipinski definition) is 1. The zero-order valence-electron chi connectivity index (χ0n) is 14.0. The standard InChI is InChI=1S/C16H15F3N2O5/c1-23-12-5-4-9(6-11(12)22)20-21-10-7-13(24-2)15(14(8-10)25-3)26-16(17,18)19/h4-8,22H,1-3H3. The number of ether oxygens (including phenoxy) is 4. The van der Waals surface area contributed by atoms with Crippen molar-refractivity contribution < 1.29 is 37.2 Å². The third-order valence-corrected chi connectivity index (χ3v) is 3.11. The molecule has 0 radical (unpaired) electrons. The Morgan fingerprint density at radius 1 is 0.808 bits per heavy atom. The van der Waals surface area contributed by atoms with Gasteiger partial charge in [-0.2, -0.15) is 10.2 Å². The fourth-order valence-electron chi connectivity index (χ4n) is 2.00. The van der Waals surface area contributed by atoms with Gasteiger partial charge in [0, 0.05) is 18.2 Å². The predicted octanol–water partition coefficient (Wildman–Crippen LogP) is 4.73. The van der Waals surface area contributed by atoms with E-state index in [0.29, 0.717) is 5.69 Å². The average Bonchev–Trinajstić information content (AvgIpc) is 2.59. The second kappa shape index (κ2) is 7.81. The lowest BCUT2D eigenvalue weighted by atomic mass is 10.2. The maximum atomic E-state index is 12.5. The van der Waals surface area contributed by atoms with Gasteiger partial charge in [-0.25, -0.2) is 0 Å². The second-order valence-corrected chi connectivity index (χ2v) is 4.78. The maximum Gasteiger partial charge on any atom is 0.573 e. The molecule has 2 rings (SSSR count). The molecule has 0 fully saturated rings. The van der Waals surface area contributed by atoms with E-state index in [4.69, 9.17) is 14.2 Å². The first-order chi connectivity index (χ1) is 12.3. The highest BCUT2D eigenvalue weighted by atomic mass is 19.4. The van der Waals surface area contributed by atoms with E-state index in [2.05, 4.69) is 15.0 Å². The molecule has 2 aromatic rings. The molecule has 0 saturated heterocycles. The minimum absolute atomic E-state index is 0.131. The van der Waals surface area contributed by atoms with Gasteiger partial charge in [0.1, 0.15) is 0 Å². The molecule has 0 spiro atoms. The van der Waals surface area contributed by atoms with Gasteiger partial charge in [-0.05, 0) is 12.1 Å². The minimum atomic E-state index is -4.91. The summed E-state index contributed by atoms with van der Waals surface area (Å²) in [4.78, 5) is 0. The Kier molecular flexibility index (Phi) is 5.75. The molecule has 0 heterocycles. The highest BCUT2D eigenvalue weighted by Crippen LogP contribution is 2.44. The number of phenolic OH excluding ortho intramolecular Hbond substituents is 1. The molecule has 0 aliphatic rings.